The monoisotopic (exact) mass is 272 g/mol. The van der Waals surface area contributed by atoms with Crippen molar-refractivity contribution in [1.29, 1.82) is 0 Å². The van der Waals surface area contributed by atoms with Gasteiger partial charge in [-0.2, -0.15) is 0 Å². The van der Waals surface area contributed by atoms with Crippen molar-refractivity contribution in [3.63, 3.8) is 0 Å². The lowest BCUT2D eigenvalue weighted by Gasteiger charge is -2.16. The second kappa shape index (κ2) is 4.35. The molecule has 3 nitrogen and oxygen atoms in total. The number of pyridine rings is 2. The third-order valence-corrected chi connectivity index (χ3v) is 3.53. The number of nitrogens with zero attached hydrogens (tertiary/aromatic N) is 2. The summed E-state index contributed by atoms with van der Waals surface area (Å²) in [7, 11) is 0. The van der Waals surface area contributed by atoms with Crippen LogP contribution in [0.15, 0.2) is 41.5 Å². The second-order valence-corrected chi connectivity index (χ2v) is 5.29. The van der Waals surface area contributed by atoms with E-state index in [2.05, 4.69) is 4.98 Å². The van der Waals surface area contributed by atoms with Crippen LogP contribution < -0.4 is 5.56 Å². The number of rotatable bonds is 1. The molecule has 0 aliphatic heterocycles. The number of benzene rings is 1. The SMILES string of the molecule is CC(C)n1c(=O)c2cnccc2c2ccc(Cl)cc21. The van der Waals surface area contributed by atoms with Crippen LogP contribution in [0.4, 0.5) is 0 Å². The molecule has 96 valence electrons. The molecule has 1 aromatic carbocycles. The highest BCUT2D eigenvalue weighted by Crippen LogP contribution is 2.26. The van der Waals surface area contributed by atoms with Crippen molar-refractivity contribution < 1.29 is 0 Å². The number of aromatic nitrogens is 2. The molecular weight excluding hydrogens is 260 g/mol. The van der Waals surface area contributed by atoms with E-state index in [1.165, 1.54) is 0 Å². The Kier molecular flexibility index (Phi) is 2.79. The molecule has 19 heavy (non-hydrogen) atoms. The summed E-state index contributed by atoms with van der Waals surface area (Å²) < 4.78 is 1.77. The van der Waals surface area contributed by atoms with Gasteiger partial charge in [0.25, 0.3) is 5.56 Å². The number of halogens is 1. The zero-order chi connectivity index (χ0) is 13.6. The Morgan fingerprint density at radius 1 is 1.16 bits per heavy atom. The molecule has 0 saturated carbocycles. The molecule has 3 aromatic rings. The largest absolute Gasteiger partial charge is 0.305 e. The summed E-state index contributed by atoms with van der Waals surface area (Å²) in [6, 6.07) is 7.59. The van der Waals surface area contributed by atoms with Gasteiger partial charge in [-0.05, 0) is 37.4 Å². The van der Waals surface area contributed by atoms with Crippen LogP contribution in [0.1, 0.15) is 19.9 Å². The van der Waals surface area contributed by atoms with E-state index in [0.29, 0.717) is 10.4 Å². The molecule has 0 aliphatic carbocycles. The first kappa shape index (κ1) is 12.2. The van der Waals surface area contributed by atoms with Gasteiger partial charge in [-0.25, -0.2) is 0 Å². The van der Waals surface area contributed by atoms with Crippen LogP contribution >= 0.6 is 11.6 Å². The van der Waals surface area contributed by atoms with Crippen LogP contribution in [-0.4, -0.2) is 9.55 Å². The molecule has 0 saturated heterocycles. The normalized spacial score (nSPS) is 11.6. The Bertz CT molecular complexity index is 837. The topological polar surface area (TPSA) is 34.9 Å². The fourth-order valence-electron chi connectivity index (χ4n) is 2.48. The van der Waals surface area contributed by atoms with E-state index < -0.39 is 0 Å². The number of fused-ring (bicyclic) bond motifs is 3. The van der Waals surface area contributed by atoms with Gasteiger partial charge >= 0.3 is 0 Å². The van der Waals surface area contributed by atoms with Crippen LogP contribution in [0, 0.1) is 0 Å². The van der Waals surface area contributed by atoms with Gasteiger partial charge in [-0.1, -0.05) is 17.7 Å². The highest BCUT2D eigenvalue weighted by molar-refractivity contribution is 6.31. The molecule has 0 spiro atoms. The predicted molar refractivity (Wildman–Crippen MR) is 78.9 cm³/mol. The van der Waals surface area contributed by atoms with E-state index in [0.717, 1.165) is 16.3 Å². The Balaban J connectivity index is 2.66. The lowest BCUT2D eigenvalue weighted by Crippen LogP contribution is -2.22. The molecular formula is C15H13ClN2O. The molecule has 2 heterocycles. The minimum atomic E-state index is -0.0205. The molecule has 3 rings (SSSR count). The maximum Gasteiger partial charge on any atom is 0.260 e. The zero-order valence-corrected chi connectivity index (χ0v) is 11.5. The average molecular weight is 273 g/mol. The van der Waals surface area contributed by atoms with Gasteiger partial charge in [0.2, 0.25) is 0 Å². The van der Waals surface area contributed by atoms with Crippen molar-refractivity contribution in [3.05, 3.63) is 52.0 Å². The molecule has 0 amide bonds. The van der Waals surface area contributed by atoms with Gasteiger partial charge in [-0.3, -0.25) is 9.78 Å². The Morgan fingerprint density at radius 2 is 1.95 bits per heavy atom. The summed E-state index contributed by atoms with van der Waals surface area (Å²) in [5, 5.41) is 3.22. The Morgan fingerprint density at radius 3 is 2.68 bits per heavy atom. The van der Waals surface area contributed by atoms with Gasteiger partial charge in [0.1, 0.15) is 0 Å². The maximum atomic E-state index is 12.6. The summed E-state index contributed by atoms with van der Waals surface area (Å²) in [6.45, 7) is 3.98. The molecule has 2 aromatic heterocycles. The molecule has 0 atom stereocenters. The molecule has 0 fully saturated rings. The first-order chi connectivity index (χ1) is 9.09. The Labute approximate surface area is 115 Å². The van der Waals surface area contributed by atoms with E-state index >= 15 is 0 Å². The highest BCUT2D eigenvalue weighted by atomic mass is 35.5. The molecule has 4 heteroatoms. The van der Waals surface area contributed by atoms with Crippen molar-refractivity contribution in [2.75, 3.05) is 0 Å². The number of hydrogen-bond donors (Lipinski definition) is 0. The summed E-state index contributed by atoms with van der Waals surface area (Å²) in [4.78, 5) is 16.6. The summed E-state index contributed by atoms with van der Waals surface area (Å²) in [5.41, 5.74) is 0.846. The van der Waals surface area contributed by atoms with Crippen molar-refractivity contribution in [2.45, 2.75) is 19.9 Å². The fraction of sp³-hybridized carbons (Fsp3) is 0.200. The van der Waals surface area contributed by atoms with Gasteiger partial charge in [0, 0.05) is 28.8 Å². The van der Waals surface area contributed by atoms with Gasteiger partial charge in [-0.15, -0.1) is 0 Å². The summed E-state index contributed by atoms with van der Waals surface area (Å²) in [6.07, 6.45) is 3.33. The van der Waals surface area contributed by atoms with E-state index in [1.54, 1.807) is 17.0 Å². The lowest BCUT2D eigenvalue weighted by molar-refractivity contribution is 0.604. The minimum absolute atomic E-state index is 0.0205. The molecule has 0 unspecified atom stereocenters. The van der Waals surface area contributed by atoms with Gasteiger partial charge in [0.05, 0.1) is 10.9 Å². The van der Waals surface area contributed by atoms with Gasteiger partial charge < -0.3 is 4.57 Å². The minimum Gasteiger partial charge on any atom is -0.305 e. The fourth-order valence-corrected chi connectivity index (χ4v) is 2.65. The van der Waals surface area contributed by atoms with Crippen LogP contribution in [-0.2, 0) is 0 Å². The summed E-state index contributed by atoms with van der Waals surface area (Å²) in [5.74, 6) is 0. The maximum absolute atomic E-state index is 12.6. The smallest absolute Gasteiger partial charge is 0.260 e. The van der Waals surface area contributed by atoms with Crippen LogP contribution in [0.5, 0.6) is 0 Å². The first-order valence-electron chi connectivity index (χ1n) is 6.17. The number of hydrogen-bond acceptors (Lipinski definition) is 2. The molecule has 0 radical (unpaired) electrons. The van der Waals surface area contributed by atoms with E-state index in [1.807, 2.05) is 38.1 Å². The predicted octanol–water partition coefficient (Wildman–Crippen LogP) is 3.78. The van der Waals surface area contributed by atoms with Crippen LogP contribution in [0.3, 0.4) is 0 Å². The Hall–Kier alpha value is -1.87. The van der Waals surface area contributed by atoms with Crippen molar-refractivity contribution >= 4 is 33.3 Å². The first-order valence-corrected chi connectivity index (χ1v) is 6.55. The molecule has 0 N–H and O–H groups in total. The third kappa shape index (κ3) is 1.81. The third-order valence-electron chi connectivity index (χ3n) is 3.30. The van der Waals surface area contributed by atoms with Crippen LogP contribution in [0.2, 0.25) is 5.02 Å². The van der Waals surface area contributed by atoms with Gasteiger partial charge in [0.15, 0.2) is 0 Å². The van der Waals surface area contributed by atoms with Crippen molar-refractivity contribution in [3.8, 4) is 0 Å². The van der Waals surface area contributed by atoms with E-state index in [-0.39, 0.29) is 11.6 Å². The lowest BCUT2D eigenvalue weighted by atomic mass is 10.1. The second-order valence-electron chi connectivity index (χ2n) is 4.85. The highest BCUT2D eigenvalue weighted by Gasteiger charge is 2.12. The molecule has 0 bridgehead atoms. The standard InChI is InChI=1S/C15H13ClN2O/c1-9(2)18-14-7-10(16)3-4-12(14)11-5-6-17-8-13(11)15(18)19/h3-9H,1-2H3. The molecule has 0 aliphatic rings. The van der Waals surface area contributed by atoms with E-state index in [9.17, 15) is 4.79 Å². The average Bonchev–Trinajstić information content (AvgIpc) is 2.38. The van der Waals surface area contributed by atoms with Crippen molar-refractivity contribution in [2.24, 2.45) is 0 Å². The zero-order valence-electron chi connectivity index (χ0n) is 10.7. The van der Waals surface area contributed by atoms with Crippen molar-refractivity contribution in [1.82, 2.24) is 9.55 Å². The quantitative estimate of drug-likeness (QED) is 0.632. The van der Waals surface area contributed by atoms with E-state index in [4.69, 9.17) is 11.6 Å². The summed E-state index contributed by atoms with van der Waals surface area (Å²) >= 11 is 6.07. The van der Waals surface area contributed by atoms with Crippen LogP contribution in [0.25, 0.3) is 21.7 Å².